The van der Waals surface area contributed by atoms with E-state index >= 15 is 0 Å². The molecule has 2 aromatic carbocycles. The zero-order valence-electron chi connectivity index (χ0n) is 9.13. The maximum absolute atomic E-state index is 11.2. The van der Waals surface area contributed by atoms with Crippen LogP contribution in [0.15, 0.2) is 45.7 Å². The van der Waals surface area contributed by atoms with Crippen molar-refractivity contribution in [2.24, 2.45) is 0 Å². The van der Waals surface area contributed by atoms with Gasteiger partial charge in [0, 0.05) is 10.0 Å². The molecule has 0 bridgehead atoms. The average molecular weight is 324 g/mol. The number of halogens is 2. The minimum absolute atomic E-state index is 0.228. The molecule has 0 spiro atoms. The van der Waals surface area contributed by atoms with Gasteiger partial charge in [-0.15, -0.1) is 0 Å². The molecule has 3 nitrogen and oxygen atoms in total. The van der Waals surface area contributed by atoms with E-state index in [0.717, 1.165) is 21.1 Å². The van der Waals surface area contributed by atoms with Gasteiger partial charge in [-0.3, -0.25) is 0 Å². The monoisotopic (exact) mass is 322 g/mol. The fourth-order valence-electron chi connectivity index (χ4n) is 1.91. The first-order valence-corrected chi connectivity index (χ1v) is 6.48. The lowest BCUT2D eigenvalue weighted by atomic mass is 10.1. The van der Waals surface area contributed by atoms with E-state index in [-0.39, 0.29) is 5.69 Å². The van der Waals surface area contributed by atoms with Crippen LogP contribution in [0.4, 0.5) is 0 Å². The fourth-order valence-corrected chi connectivity index (χ4v) is 2.44. The zero-order chi connectivity index (χ0) is 12.7. The number of imidazole rings is 1. The number of fused-ring (bicyclic) bond motifs is 1. The number of aromatic amines is 2. The maximum atomic E-state index is 11.2. The lowest BCUT2D eigenvalue weighted by Crippen LogP contribution is -1.99. The summed E-state index contributed by atoms with van der Waals surface area (Å²) >= 11 is 9.63. The quantitative estimate of drug-likeness (QED) is 0.700. The van der Waals surface area contributed by atoms with Gasteiger partial charge >= 0.3 is 5.69 Å². The summed E-state index contributed by atoms with van der Waals surface area (Å²) in [7, 11) is 0. The molecule has 0 radical (unpaired) electrons. The van der Waals surface area contributed by atoms with Crippen molar-refractivity contribution in [3.05, 3.63) is 56.4 Å². The lowest BCUT2D eigenvalue weighted by Gasteiger charge is -2.05. The molecule has 5 heteroatoms. The Balaban J connectivity index is 2.24. The van der Waals surface area contributed by atoms with E-state index in [1.54, 1.807) is 6.07 Å². The summed E-state index contributed by atoms with van der Waals surface area (Å²) in [6.07, 6.45) is 0. The van der Waals surface area contributed by atoms with Crippen molar-refractivity contribution in [2.45, 2.75) is 0 Å². The SMILES string of the molecule is O=c1[nH]c2cc(Cl)c(-c3ccc(Br)cc3)cc2[nH]1. The highest BCUT2D eigenvalue weighted by Gasteiger charge is 2.07. The molecule has 0 atom stereocenters. The van der Waals surface area contributed by atoms with Crippen LogP contribution >= 0.6 is 27.5 Å². The molecular weight excluding hydrogens is 316 g/mol. The predicted molar refractivity (Wildman–Crippen MR) is 77.1 cm³/mol. The van der Waals surface area contributed by atoms with Crippen LogP contribution in [-0.4, -0.2) is 9.97 Å². The second kappa shape index (κ2) is 4.30. The van der Waals surface area contributed by atoms with Gasteiger partial charge in [-0.25, -0.2) is 4.79 Å². The summed E-state index contributed by atoms with van der Waals surface area (Å²) < 4.78 is 1.01. The number of rotatable bonds is 1. The van der Waals surface area contributed by atoms with E-state index in [4.69, 9.17) is 11.6 Å². The summed E-state index contributed by atoms with van der Waals surface area (Å²) in [5.74, 6) is 0. The molecule has 0 fully saturated rings. The summed E-state index contributed by atoms with van der Waals surface area (Å²) in [6.45, 7) is 0. The molecule has 90 valence electrons. The molecule has 0 aliphatic carbocycles. The van der Waals surface area contributed by atoms with E-state index in [0.29, 0.717) is 10.5 Å². The minimum atomic E-state index is -0.228. The molecule has 2 N–H and O–H groups in total. The highest BCUT2D eigenvalue weighted by Crippen LogP contribution is 2.31. The van der Waals surface area contributed by atoms with E-state index in [1.165, 1.54) is 0 Å². The molecule has 18 heavy (non-hydrogen) atoms. The van der Waals surface area contributed by atoms with Gasteiger partial charge in [0.15, 0.2) is 0 Å². The van der Waals surface area contributed by atoms with Crippen LogP contribution in [0.2, 0.25) is 5.02 Å². The first-order chi connectivity index (χ1) is 8.63. The van der Waals surface area contributed by atoms with Crippen LogP contribution in [0.5, 0.6) is 0 Å². The molecule has 3 aromatic rings. The molecule has 3 rings (SSSR count). The van der Waals surface area contributed by atoms with Crippen LogP contribution in [0.1, 0.15) is 0 Å². The standard InChI is InChI=1S/C13H8BrClN2O/c14-8-3-1-7(2-4-8)9-5-11-12(6-10(9)15)17-13(18)16-11/h1-6H,(H2,16,17,18). The Morgan fingerprint density at radius 2 is 1.61 bits per heavy atom. The highest BCUT2D eigenvalue weighted by molar-refractivity contribution is 9.10. The van der Waals surface area contributed by atoms with E-state index in [9.17, 15) is 4.79 Å². The van der Waals surface area contributed by atoms with Crippen LogP contribution < -0.4 is 5.69 Å². The van der Waals surface area contributed by atoms with Gasteiger partial charge in [0.25, 0.3) is 0 Å². The van der Waals surface area contributed by atoms with Crippen molar-refractivity contribution in [1.82, 2.24) is 9.97 Å². The molecule has 1 aromatic heterocycles. The third-order valence-corrected chi connectivity index (χ3v) is 3.60. The Hall–Kier alpha value is -1.52. The third kappa shape index (κ3) is 1.98. The molecule has 1 heterocycles. The fraction of sp³-hybridized carbons (Fsp3) is 0. The van der Waals surface area contributed by atoms with Crippen LogP contribution in [0.3, 0.4) is 0 Å². The van der Waals surface area contributed by atoms with Crippen molar-refractivity contribution >= 4 is 38.6 Å². The minimum Gasteiger partial charge on any atom is -0.306 e. The Morgan fingerprint density at radius 3 is 2.28 bits per heavy atom. The van der Waals surface area contributed by atoms with Crippen molar-refractivity contribution in [1.29, 1.82) is 0 Å². The van der Waals surface area contributed by atoms with Gasteiger partial charge in [-0.2, -0.15) is 0 Å². The molecule has 0 unspecified atom stereocenters. The molecule has 0 aliphatic heterocycles. The number of aromatic nitrogens is 2. The third-order valence-electron chi connectivity index (χ3n) is 2.76. The van der Waals surface area contributed by atoms with Crippen molar-refractivity contribution in [3.8, 4) is 11.1 Å². The van der Waals surface area contributed by atoms with Crippen LogP contribution in [0.25, 0.3) is 22.2 Å². The normalized spacial score (nSPS) is 11.0. The molecular formula is C13H8BrClN2O. The largest absolute Gasteiger partial charge is 0.323 e. The predicted octanol–water partition coefficient (Wildman–Crippen LogP) is 3.94. The van der Waals surface area contributed by atoms with E-state index in [2.05, 4.69) is 25.9 Å². The summed E-state index contributed by atoms with van der Waals surface area (Å²) in [6, 6.07) is 11.5. The van der Waals surface area contributed by atoms with Gasteiger partial charge in [-0.1, -0.05) is 39.7 Å². The van der Waals surface area contributed by atoms with Crippen molar-refractivity contribution < 1.29 is 0 Å². The van der Waals surface area contributed by atoms with E-state index in [1.807, 2.05) is 30.3 Å². The molecule has 0 saturated carbocycles. The van der Waals surface area contributed by atoms with Crippen molar-refractivity contribution in [3.63, 3.8) is 0 Å². The summed E-state index contributed by atoms with van der Waals surface area (Å²) in [5.41, 5.74) is 3.14. The lowest BCUT2D eigenvalue weighted by molar-refractivity contribution is 1.22. The van der Waals surface area contributed by atoms with Crippen LogP contribution in [-0.2, 0) is 0 Å². The number of nitrogens with one attached hydrogen (secondary N) is 2. The molecule has 0 amide bonds. The summed E-state index contributed by atoms with van der Waals surface area (Å²) in [4.78, 5) is 16.6. The Kier molecular flexibility index (Phi) is 2.76. The molecule has 0 saturated heterocycles. The first-order valence-electron chi connectivity index (χ1n) is 5.31. The van der Waals surface area contributed by atoms with Gasteiger partial charge in [-0.05, 0) is 29.8 Å². The Labute approximate surface area is 116 Å². The Morgan fingerprint density at radius 1 is 1.00 bits per heavy atom. The number of hydrogen-bond acceptors (Lipinski definition) is 1. The smallest absolute Gasteiger partial charge is 0.306 e. The Bertz CT molecular complexity index is 774. The number of benzene rings is 2. The van der Waals surface area contributed by atoms with E-state index < -0.39 is 0 Å². The van der Waals surface area contributed by atoms with Gasteiger partial charge in [0.2, 0.25) is 0 Å². The topological polar surface area (TPSA) is 48.6 Å². The number of H-pyrrole nitrogens is 2. The zero-order valence-corrected chi connectivity index (χ0v) is 11.5. The first kappa shape index (κ1) is 11.6. The summed E-state index contributed by atoms with van der Waals surface area (Å²) in [5, 5.41) is 0.611. The van der Waals surface area contributed by atoms with Gasteiger partial charge < -0.3 is 9.97 Å². The van der Waals surface area contributed by atoms with Gasteiger partial charge in [0.05, 0.1) is 16.1 Å². The van der Waals surface area contributed by atoms with Crippen molar-refractivity contribution in [2.75, 3.05) is 0 Å². The number of hydrogen-bond donors (Lipinski definition) is 2. The second-order valence-corrected chi connectivity index (χ2v) is 5.29. The highest BCUT2D eigenvalue weighted by atomic mass is 79.9. The van der Waals surface area contributed by atoms with Crippen LogP contribution in [0, 0.1) is 0 Å². The van der Waals surface area contributed by atoms with Gasteiger partial charge in [0.1, 0.15) is 0 Å². The molecule has 0 aliphatic rings. The average Bonchev–Trinajstić information content (AvgIpc) is 2.68. The second-order valence-electron chi connectivity index (χ2n) is 3.96. The maximum Gasteiger partial charge on any atom is 0.323 e.